The Morgan fingerprint density at radius 2 is 2.09 bits per heavy atom. The van der Waals surface area contributed by atoms with E-state index in [1.165, 1.54) is 0 Å². The van der Waals surface area contributed by atoms with E-state index in [1.54, 1.807) is 23.1 Å². The fraction of sp³-hybridized carbons (Fsp3) is 0.286. The molecule has 1 aliphatic heterocycles. The highest BCUT2D eigenvalue weighted by atomic mass is 35.5. The zero-order chi connectivity index (χ0) is 15.7. The average Bonchev–Trinajstić information content (AvgIpc) is 2.47. The molecule has 0 bridgehead atoms. The number of carbonyl (C=O) groups is 1. The van der Waals surface area contributed by atoms with Crippen molar-refractivity contribution < 1.29 is 4.79 Å². The summed E-state index contributed by atoms with van der Waals surface area (Å²) in [6.45, 7) is 0.610. The van der Waals surface area contributed by atoms with Gasteiger partial charge in [0.1, 0.15) is 5.82 Å². The number of hydrogen-bond donors (Lipinski definition) is 2. The molecule has 0 saturated carbocycles. The van der Waals surface area contributed by atoms with Crippen LogP contribution >= 0.6 is 11.6 Å². The molecular weight excluding hydrogens is 304 g/mol. The average molecular weight is 319 g/mol. The minimum absolute atomic E-state index is 0.0295. The van der Waals surface area contributed by atoms with E-state index in [9.17, 15) is 4.79 Å². The highest BCUT2D eigenvalue weighted by Gasteiger charge is 2.23. The summed E-state index contributed by atoms with van der Waals surface area (Å²) in [5, 5.41) is 1.26. The van der Waals surface area contributed by atoms with Crippen molar-refractivity contribution in [3.8, 4) is 0 Å². The lowest BCUT2D eigenvalue weighted by molar-refractivity contribution is -0.119. The minimum atomic E-state index is -0.135. The Morgan fingerprint density at radius 3 is 2.82 bits per heavy atom. The number of nitrogens with zero attached hydrogens (tertiary/aromatic N) is 4. The molecule has 0 radical (unpaired) electrons. The Morgan fingerprint density at radius 1 is 1.27 bits per heavy atom. The van der Waals surface area contributed by atoms with Gasteiger partial charge in [-0.25, -0.2) is 4.98 Å². The van der Waals surface area contributed by atoms with Gasteiger partial charge in [-0.1, -0.05) is 11.6 Å². The lowest BCUT2D eigenvalue weighted by atomic mass is 10.1. The molecule has 8 heteroatoms. The first-order chi connectivity index (χ1) is 10.5. The first-order valence-electron chi connectivity index (χ1n) is 6.92. The fourth-order valence-electron chi connectivity index (χ4n) is 2.47. The topological polar surface area (TPSA) is 110 Å². The molecule has 114 valence electrons. The maximum atomic E-state index is 12.2. The first-order valence-corrected chi connectivity index (χ1v) is 7.30. The Hall–Kier alpha value is -2.41. The molecule has 1 aliphatic rings. The minimum Gasteiger partial charge on any atom is -0.370 e. The summed E-state index contributed by atoms with van der Waals surface area (Å²) in [6.07, 6.45) is 2.32. The summed E-state index contributed by atoms with van der Waals surface area (Å²) in [7, 11) is 0. The number of guanidine groups is 1. The Bertz CT molecular complexity index is 771. The van der Waals surface area contributed by atoms with Crippen molar-refractivity contribution >= 4 is 46.1 Å². The number of rotatable bonds is 2. The van der Waals surface area contributed by atoms with Crippen LogP contribution in [0.2, 0.25) is 5.02 Å². The van der Waals surface area contributed by atoms with Gasteiger partial charge in [-0.3, -0.25) is 9.69 Å². The quantitative estimate of drug-likeness (QED) is 0.647. The molecule has 22 heavy (non-hydrogen) atoms. The smallest absolute Gasteiger partial charge is 0.255 e. The molecule has 1 aromatic heterocycles. The molecule has 3 rings (SSSR count). The highest BCUT2D eigenvalue weighted by Crippen LogP contribution is 2.30. The van der Waals surface area contributed by atoms with Crippen molar-refractivity contribution in [3.05, 3.63) is 23.2 Å². The van der Waals surface area contributed by atoms with Gasteiger partial charge in [0.15, 0.2) is 5.96 Å². The van der Waals surface area contributed by atoms with Gasteiger partial charge in [-0.15, -0.1) is 0 Å². The number of aliphatic imine (C=N–C) groups is 1. The van der Waals surface area contributed by atoms with Crippen LogP contribution in [0.15, 0.2) is 23.2 Å². The van der Waals surface area contributed by atoms with Gasteiger partial charge in [0, 0.05) is 23.4 Å². The number of halogens is 1. The number of fused-ring (bicyclic) bond motifs is 1. The summed E-state index contributed by atoms with van der Waals surface area (Å²) >= 11 is 6.06. The van der Waals surface area contributed by atoms with E-state index in [2.05, 4.69) is 15.0 Å². The third-order valence-electron chi connectivity index (χ3n) is 3.43. The van der Waals surface area contributed by atoms with E-state index >= 15 is 0 Å². The molecule has 0 aliphatic carbocycles. The van der Waals surface area contributed by atoms with Crippen LogP contribution in [-0.2, 0) is 4.79 Å². The van der Waals surface area contributed by atoms with Crippen molar-refractivity contribution in [1.82, 2.24) is 9.97 Å². The first kappa shape index (κ1) is 14.5. The predicted molar refractivity (Wildman–Crippen MR) is 86.2 cm³/mol. The molecule has 4 N–H and O–H groups in total. The van der Waals surface area contributed by atoms with Crippen LogP contribution in [0, 0.1) is 0 Å². The third kappa shape index (κ3) is 2.80. The van der Waals surface area contributed by atoms with E-state index in [-0.39, 0.29) is 17.8 Å². The van der Waals surface area contributed by atoms with Crippen LogP contribution < -0.4 is 16.4 Å². The normalized spacial score (nSPS) is 15.1. The number of amides is 1. The van der Waals surface area contributed by atoms with Crippen LogP contribution in [0.3, 0.4) is 0 Å². The monoisotopic (exact) mass is 318 g/mol. The predicted octanol–water partition coefficient (Wildman–Crippen LogP) is 1.70. The summed E-state index contributed by atoms with van der Waals surface area (Å²) in [5.74, 6) is 0.520. The molecule has 2 heterocycles. The summed E-state index contributed by atoms with van der Waals surface area (Å²) in [4.78, 5) is 26.4. The van der Waals surface area contributed by atoms with Crippen molar-refractivity contribution in [3.63, 3.8) is 0 Å². The van der Waals surface area contributed by atoms with Crippen molar-refractivity contribution in [2.45, 2.75) is 19.3 Å². The van der Waals surface area contributed by atoms with E-state index in [1.807, 2.05) is 0 Å². The molecule has 1 fully saturated rings. The number of benzene rings is 1. The van der Waals surface area contributed by atoms with Crippen LogP contribution in [0.25, 0.3) is 10.9 Å². The van der Waals surface area contributed by atoms with Gasteiger partial charge in [-0.05, 0) is 31.0 Å². The standard InChI is InChI=1S/C14H15ClN6O/c15-8-4-5-10-9(7-8)12(19-14(18-10)20-13(16)17)21-6-2-1-3-11(21)22/h4-5,7H,1-3,6H2,(H4,16,17,18,19,20). The van der Waals surface area contributed by atoms with Crippen LogP contribution in [0.4, 0.5) is 11.8 Å². The van der Waals surface area contributed by atoms with Gasteiger partial charge in [0.25, 0.3) is 5.95 Å². The van der Waals surface area contributed by atoms with Crippen LogP contribution in [0.5, 0.6) is 0 Å². The molecule has 0 atom stereocenters. The highest BCUT2D eigenvalue weighted by molar-refractivity contribution is 6.31. The number of carbonyl (C=O) groups excluding carboxylic acids is 1. The Labute approximate surface area is 132 Å². The maximum Gasteiger partial charge on any atom is 0.255 e. The molecule has 2 aromatic rings. The molecule has 7 nitrogen and oxygen atoms in total. The van der Waals surface area contributed by atoms with E-state index < -0.39 is 0 Å². The van der Waals surface area contributed by atoms with Crippen molar-refractivity contribution in [1.29, 1.82) is 0 Å². The molecule has 1 amide bonds. The molecule has 1 aromatic carbocycles. The summed E-state index contributed by atoms with van der Waals surface area (Å²) in [6, 6.07) is 5.22. The van der Waals surface area contributed by atoms with Crippen LogP contribution in [0.1, 0.15) is 19.3 Å². The second kappa shape index (κ2) is 5.76. The number of hydrogen-bond acceptors (Lipinski definition) is 4. The summed E-state index contributed by atoms with van der Waals surface area (Å²) in [5.41, 5.74) is 11.4. The van der Waals surface area contributed by atoms with Gasteiger partial charge in [0.2, 0.25) is 5.91 Å². The second-order valence-corrected chi connectivity index (χ2v) is 5.48. The summed E-state index contributed by atoms with van der Waals surface area (Å²) < 4.78 is 0. The number of anilines is 1. The second-order valence-electron chi connectivity index (χ2n) is 5.05. The third-order valence-corrected chi connectivity index (χ3v) is 3.67. The SMILES string of the molecule is NC(N)=Nc1nc(N2CCCCC2=O)c2cc(Cl)ccc2n1. The van der Waals surface area contributed by atoms with Crippen LogP contribution in [-0.4, -0.2) is 28.4 Å². The van der Waals surface area contributed by atoms with Gasteiger partial charge in [0.05, 0.1) is 5.52 Å². The molecule has 0 spiro atoms. The van der Waals surface area contributed by atoms with Crippen molar-refractivity contribution in [2.75, 3.05) is 11.4 Å². The van der Waals surface area contributed by atoms with Crippen molar-refractivity contribution in [2.24, 2.45) is 16.5 Å². The zero-order valence-corrected chi connectivity index (χ0v) is 12.5. The fourth-order valence-corrected chi connectivity index (χ4v) is 2.65. The molecular formula is C14H15ClN6O. The number of nitrogens with two attached hydrogens (primary N) is 2. The Balaban J connectivity index is 2.22. The van der Waals surface area contributed by atoms with E-state index in [4.69, 9.17) is 23.1 Å². The van der Waals surface area contributed by atoms with Gasteiger partial charge >= 0.3 is 0 Å². The Kier molecular flexibility index (Phi) is 3.81. The van der Waals surface area contributed by atoms with Gasteiger partial charge < -0.3 is 11.5 Å². The largest absolute Gasteiger partial charge is 0.370 e. The lowest BCUT2D eigenvalue weighted by Gasteiger charge is -2.26. The number of piperidine rings is 1. The maximum absolute atomic E-state index is 12.2. The molecule has 1 saturated heterocycles. The molecule has 0 unspecified atom stereocenters. The van der Waals surface area contributed by atoms with E-state index in [0.717, 1.165) is 12.8 Å². The van der Waals surface area contributed by atoms with Gasteiger partial charge in [-0.2, -0.15) is 9.98 Å². The van der Waals surface area contributed by atoms with E-state index in [0.29, 0.717) is 34.7 Å². The zero-order valence-electron chi connectivity index (χ0n) is 11.8. The lowest BCUT2D eigenvalue weighted by Crippen LogP contribution is -2.36. The number of aromatic nitrogens is 2.